The molecule has 3 aliphatic rings. The van der Waals surface area contributed by atoms with E-state index in [9.17, 15) is 72.2 Å². The normalized spacial score (nSPS) is 13.7. The molecule has 3 atom stereocenters. The number of aliphatic hydroxyl groups is 4. The van der Waals surface area contributed by atoms with Crippen LogP contribution in [0.4, 0.5) is 0 Å². The Bertz CT molecular complexity index is 5470. The second kappa shape index (κ2) is 65.1. The summed E-state index contributed by atoms with van der Waals surface area (Å²) >= 11 is 0. The molecule has 3 aliphatic heterocycles. The predicted octanol–water partition coefficient (Wildman–Crippen LogP) is 12.1. The van der Waals surface area contributed by atoms with Crippen LogP contribution in [0.25, 0.3) is 0 Å². The lowest BCUT2D eigenvalue weighted by molar-refractivity contribution is -0.165. The number of aromatic hydroxyl groups is 2. The van der Waals surface area contributed by atoms with Crippen LogP contribution in [0.5, 0.6) is 46.0 Å². The molecule has 3 fully saturated rings. The van der Waals surface area contributed by atoms with Crippen LogP contribution < -0.4 is 28.1 Å². The van der Waals surface area contributed by atoms with Gasteiger partial charge in [0.25, 0.3) is 0 Å². The lowest BCUT2D eigenvalue weighted by atomic mass is 10.1. The summed E-state index contributed by atoms with van der Waals surface area (Å²) in [4.78, 5) is 155. The number of carbonyl (C=O) groups excluding carboxylic acids is 6. The second-order valence-corrected chi connectivity index (χ2v) is 37.2. The fourth-order valence-corrected chi connectivity index (χ4v) is 13.3. The maximum Gasteiger partial charge on any atom is 0.338 e. The molecular formula is C101H122O46Si. The molecule has 0 radical (unpaired) electrons. The Morgan fingerprint density at radius 3 is 0.689 bits per heavy atom. The van der Waals surface area contributed by atoms with Crippen molar-refractivity contribution in [2.75, 3.05) is 129 Å². The Labute approximate surface area is 849 Å². The van der Waals surface area contributed by atoms with Crippen LogP contribution in [0.1, 0.15) is 235 Å². The molecule has 3 unspecified atom stereocenters. The minimum Gasteiger partial charge on any atom is -0.543 e. The molecule has 148 heavy (non-hydrogen) atoms. The first-order chi connectivity index (χ1) is 70.2. The number of aliphatic hydroxyl groups excluding tert-OH is 4. The third-order valence-electron chi connectivity index (χ3n) is 20.5. The Kier molecular flexibility index (Phi) is 54.9. The first-order valence-corrected chi connectivity index (χ1v) is 48.0. The summed E-state index contributed by atoms with van der Waals surface area (Å²) in [6.45, 7) is 13.8. The van der Waals surface area contributed by atoms with Gasteiger partial charge in [0, 0.05) is 19.8 Å². The first kappa shape index (κ1) is 125. The van der Waals surface area contributed by atoms with E-state index in [1.165, 1.54) is 134 Å². The van der Waals surface area contributed by atoms with Crippen molar-refractivity contribution in [1.29, 1.82) is 0 Å². The number of hydrogen-bond donors (Lipinski definition) is 14. The highest BCUT2D eigenvalue weighted by atomic mass is 28.4. The van der Waals surface area contributed by atoms with Crippen molar-refractivity contribution in [3.63, 3.8) is 0 Å². The molecule has 0 aromatic heterocycles. The predicted molar refractivity (Wildman–Crippen MR) is 519 cm³/mol. The van der Waals surface area contributed by atoms with E-state index in [2.05, 4.69) is 49.2 Å². The fourth-order valence-electron chi connectivity index (χ4n) is 12.3. The highest BCUT2D eigenvalue weighted by Crippen LogP contribution is 2.38. The molecule has 0 amide bonds. The van der Waals surface area contributed by atoms with Crippen molar-refractivity contribution in [3.8, 4) is 46.0 Å². The van der Waals surface area contributed by atoms with Gasteiger partial charge >= 0.3 is 83.6 Å². The number of aromatic carboxylic acids is 8. The minimum absolute atomic E-state index is 0.0257. The zero-order chi connectivity index (χ0) is 110. The van der Waals surface area contributed by atoms with E-state index in [0.29, 0.717) is 43.7 Å². The lowest BCUT2D eigenvalue weighted by Gasteiger charge is -2.36. The monoisotopic (exact) mass is 2100 g/mol. The van der Waals surface area contributed by atoms with Gasteiger partial charge in [-0.1, -0.05) is 26.8 Å². The van der Waals surface area contributed by atoms with Gasteiger partial charge in [0.15, 0.2) is 18.9 Å². The number of ether oxygens (including phenoxy) is 17. The summed E-state index contributed by atoms with van der Waals surface area (Å²) in [5, 5.41) is 124. The third-order valence-corrected chi connectivity index (χ3v) is 24.9. The summed E-state index contributed by atoms with van der Waals surface area (Å²) in [5.41, 5.74) is 1.13. The molecule has 8 aromatic carbocycles. The number of hydrogen-bond acceptors (Lipinski definition) is 38. The second-order valence-electron chi connectivity index (χ2n) is 32.5. The summed E-state index contributed by atoms with van der Waals surface area (Å²) in [5.74, 6) is -12.0. The molecule has 0 saturated carbocycles. The van der Waals surface area contributed by atoms with Crippen molar-refractivity contribution in [1.82, 2.24) is 0 Å². The number of phenols is 2. The first-order valence-electron chi connectivity index (χ1n) is 45.1. The summed E-state index contributed by atoms with van der Waals surface area (Å²) in [7, 11) is 5.29. The average molecular weight is 2100 g/mol. The largest absolute Gasteiger partial charge is 0.543 e. The van der Waals surface area contributed by atoms with Crippen molar-refractivity contribution < 1.29 is 224 Å². The van der Waals surface area contributed by atoms with Gasteiger partial charge in [-0.25, -0.2) is 67.1 Å². The number of carboxylic acid groups (broad SMARTS) is 8. The fraction of sp³-hybridized carbons (Fsp3) is 0.386. The van der Waals surface area contributed by atoms with Crippen molar-refractivity contribution in [2.45, 2.75) is 129 Å². The highest BCUT2D eigenvalue weighted by Gasteiger charge is 2.39. The van der Waals surface area contributed by atoms with Crippen molar-refractivity contribution >= 4 is 91.9 Å². The van der Waals surface area contributed by atoms with E-state index in [1.807, 2.05) is 13.1 Å². The Balaban J connectivity index is 0.000000354. The van der Waals surface area contributed by atoms with Crippen LogP contribution in [0, 0.1) is 0 Å². The maximum absolute atomic E-state index is 11.7. The molecule has 806 valence electrons. The number of carbonyl (C=O) groups is 14. The maximum atomic E-state index is 11.7. The Morgan fingerprint density at radius 2 is 0.480 bits per heavy atom. The van der Waals surface area contributed by atoms with Gasteiger partial charge in [0.05, 0.1) is 167 Å². The molecule has 8 aromatic rings. The van der Waals surface area contributed by atoms with E-state index in [1.54, 1.807) is 18.2 Å². The highest BCUT2D eigenvalue weighted by molar-refractivity contribution is 6.74. The number of benzene rings is 8. The Hall–Kier alpha value is -15.4. The average Bonchev–Trinajstić information content (AvgIpc) is 0.802. The van der Waals surface area contributed by atoms with Crippen LogP contribution in [0.2, 0.25) is 18.1 Å². The standard InChI is InChI=1S/C17H22O7.C15H18O7.C15H22O5.C14H20O5Si.C12H14O6.C10H10O6.C10H10O5.C8H6O5/c1-20-16(18)12-9-13(17(19)21-2)11-14(10-12)22-7-8-24-15-5-3-4-6-23-15;16-14(17)10-7-11(15(18)19)9-12(8-10)20-5-6-22-13-3-1-2-4-21-13;16-10-12-7-13(11-17)9-14(8-12)18-5-6-20-15-3-1-2-4-19-15;1-14(2,3)20(4,5)19-11-7-9(12(15)16)6-10(8-11)13(17)18;1-16-11(14)8-5-9(12(15)17-2)7-10(6-8)18-4-3-13;11-1-2-16-8-4-6(9(12)13)3-7(5-8)10(14)15;1-14-9(12)6-3-7(10(13)15-2)5-8(11)4-6;9-6-2-4(7(10)11)1-5(3-6)8(12)13/h9-11,15H,3-8H2,1-2H3;7-9,13H,1-6H2,(H,16,17)(H,18,19);7-9,15-17H,1-6,10-11H2;6-8H,1-5H3,(H,15,16)(H,17,18);5-7,13H,3-4H2,1-2H3;3-5,11H,1-2H2,(H,12,13)(H,14,15);3-5,11H,1-2H3;1-3,9H,(H,10,11)(H,12,13). The molecular weight excluding hydrogens is 1980 g/mol. The smallest absolute Gasteiger partial charge is 0.338 e. The molecule has 0 aliphatic carbocycles. The molecule has 3 heterocycles. The zero-order valence-corrected chi connectivity index (χ0v) is 83.9. The van der Waals surface area contributed by atoms with Crippen LogP contribution >= 0.6 is 0 Å². The van der Waals surface area contributed by atoms with E-state index in [4.69, 9.17) is 123 Å². The van der Waals surface area contributed by atoms with Gasteiger partial charge in [0.2, 0.25) is 8.32 Å². The summed E-state index contributed by atoms with van der Waals surface area (Å²) in [6, 6.07) is 31.5. The zero-order valence-electron chi connectivity index (χ0n) is 82.9. The summed E-state index contributed by atoms with van der Waals surface area (Å²) in [6.07, 6.45) is 8.65. The quantitative estimate of drug-likeness (QED) is 0.00736. The van der Waals surface area contributed by atoms with Crippen LogP contribution in [-0.4, -0.2) is 311 Å². The number of carboxylic acids is 8. The number of esters is 6. The molecule has 11 rings (SSSR count). The van der Waals surface area contributed by atoms with Gasteiger partial charge in [0.1, 0.15) is 79.0 Å². The topological polar surface area (TPSA) is 688 Å². The van der Waals surface area contributed by atoms with Gasteiger partial charge < -0.3 is 156 Å². The molecule has 0 bridgehead atoms. The SMILES string of the molecule is CC(C)(C)[Si](C)(C)Oc1cc(C(=O)O)cc(C(=O)O)c1.COC(=O)c1cc(O)cc(C(=O)OC)c1.COC(=O)c1cc(OCCO)cc(C(=O)OC)c1.COC(=O)c1cc(OCCOC2CCCCO2)cc(C(=O)OC)c1.O=C(O)c1cc(O)cc(C(=O)O)c1.O=C(O)c1cc(OCCO)cc(C(=O)O)c1.O=C(O)c1cc(OCCOC2CCCCO2)cc(C(=O)O)c1.OCc1cc(CO)cc(OCCOC2CCCCO2)c1. The van der Waals surface area contributed by atoms with Crippen molar-refractivity contribution in [3.05, 3.63) is 235 Å². The van der Waals surface area contributed by atoms with Crippen LogP contribution in [-0.2, 0) is 70.1 Å². The third kappa shape index (κ3) is 45.5. The summed E-state index contributed by atoms with van der Waals surface area (Å²) < 4.78 is 92.9. The van der Waals surface area contributed by atoms with Gasteiger partial charge in [-0.2, -0.15) is 0 Å². The number of methoxy groups -OCH3 is 6. The van der Waals surface area contributed by atoms with Gasteiger partial charge in [-0.05, 0) is 227 Å². The van der Waals surface area contributed by atoms with E-state index >= 15 is 0 Å². The molecule has 14 N–H and O–H groups in total. The lowest BCUT2D eigenvalue weighted by Crippen LogP contribution is -2.43. The number of rotatable bonds is 39. The van der Waals surface area contributed by atoms with Crippen LogP contribution in [0.3, 0.4) is 0 Å². The van der Waals surface area contributed by atoms with Crippen LogP contribution in [0.15, 0.2) is 146 Å². The molecule has 0 spiro atoms. The molecule has 3 saturated heterocycles. The number of phenolic OH excluding ortho intramolecular Hbond substituents is 2. The molecule has 47 heteroatoms. The minimum atomic E-state index is -2.15. The molecule has 46 nitrogen and oxygen atoms in total. The van der Waals surface area contributed by atoms with E-state index < -0.39 is 91.9 Å². The van der Waals surface area contributed by atoms with E-state index in [0.717, 1.165) is 119 Å². The van der Waals surface area contributed by atoms with E-state index in [-0.39, 0.29) is 190 Å². The van der Waals surface area contributed by atoms with Gasteiger partial charge in [-0.3, -0.25) is 0 Å². The van der Waals surface area contributed by atoms with Crippen molar-refractivity contribution in [2.24, 2.45) is 0 Å². The Morgan fingerprint density at radius 1 is 0.277 bits per heavy atom. The van der Waals surface area contributed by atoms with Gasteiger partial charge in [-0.15, -0.1) is 0 Å².